The summed E-state index contributed by atoms with van der Waals surface area (Å²) < 4.78 is 38.8. The number of carbonyl (C=O) groups is 1. The molecule has 1 amide bonds. The molecule has 0 saturated heterocycles. The minimum absolute atomic E-state index is 0.0464. The molecule has 0 spiro atoms. The number of nitrogens with one attached hydrogen (secondary N) is 1. The van der Waals surface area contributed by atoms with E-state index in [4.69, 9.17) is 0 Å². The number of nitrogens with zero attached hydrogens (tertiary/aromatic N) is 1. The molecular formula is C12H7F3N2O. The minimum Gasteiger partial charge on any atom is -0.306 e. The molecule has 0 unspecified atom stereocenters. The van der Waals surface area contributed by atoms with Crippen molar-refractivity contribution in [2.75, 3.05) is 5.32 Å². The van der Waals surface area contributed by atoms with Gasteiger partial charge in [-0.25, -0.2) is 18.2 Å². The molecule has 6 heteroatoms. The molecule has 0 saturated carbocycles. The van der Waals surface area contributed by atoms with Crippen molar-refractivity contribution in [1.82, 2.24) is 4.98 Å². The van der Waals surface area contributed by atoms with Gasteiger partial charge in [0.05, 0.1) is 11.8 Å². The van der Waals surface area contributed by atoms with Gasteiger partial charge in [-0.15, -0.1) is 0 Å². The van der Waals surface area contributed by atoms with Crippen molar-refractivity contribution in [2.24, 2.45) is 0 Å². The Morgan fingerprint density at radius 1 is 1.11 bits per heavy atom. The SMILES string of the molecule is O=C(Nc1ccc(F)cn1)c1cccc(F)c1F. The Kier molecular flexibility index (Phi) is 3.27. The predicted molar refractivity (Wildman–Crippen MR) is 58.5 cm³/mol. The zero-order valence-electron chi connectivity index (χ0n) is 8.95. The Balaban J connectivity index is 2.22. The molecule has 1 aromatic carbocycles. The van der Waals surface area contributed by atoms with Crippen molar-refractivity contribution in [1.29, 1.82) is 0 Å². The molecule has 3 nitrogen and oxygen atoms in total. The fourth-order valence-corrected chi connectivity index (χ4v) is 1.31. The average molecular weight is 252 g/mol. The third-order valence-corrected chi connectivity index (χ3v) is 2.17. The molecule has 2 rings (SSSR count). The molecule has 2 aromatic rings. The van der Waals surface area contributed by atoms with Gasteiger partial charge in [-0.1, -0.05) is 6.07 Å². The molecule has 0 atom stereocenters. The Morgan fingerprint density at radius 3 is 2.56 bits per heavy atom. The van der Waals surface area contributed by atoms with E-state index in [0.29, 0.717) is 0 Å². The molecule has 18 heavy (non-hydrogen) atoms. The first kappa shape index (κ1) is 12.1. The molecular weight excluding hydrogens is 245 g/mol. The molecule has 0 aliphatic carbocycles. The lowest BCUT2D eigenvalue weighted by Gasteiger charge is -2.05. The molecule has 1 heterocycles. The highest BCUT2D eigenvalue weighted by atomic mass is 19.2. The maximum atomic E-state index is 13.3. The lowest BCUT2D eigenvalue weighted by molar-refractivity contribution is 0.102. The number of hydrogen-bond donors (Lipinski definition) is 1. The van der Waals surface area contributed by atoms with E-state index in [1.807, 2.05) is 0 Å². The Bertz CT molecular complexity index is 584. The number of pyridine rings is 1. The van der Waals surface area contributed by atoms with Crippen molar-refractivity contribution < 1.29 is 18.0 Å². The molecule has 0 bridgehead atoms. The second-order valence-corrected chi connectivity index (χ2v) is 3.42. The summed E-state index contributed by atoms with van der Waals surface area (Å²) in [5.41, 5.74) is -0.443. The molecule has 0 aliphatic heterocycles. The van der Waals surface area contributed by atoms with Crippen molar-refractivity contribution >= 4 is 11.7 Å². The fourth-order valence-electron chi connectivity index (χ4n) is 1.31. The summed E-state index contributed by atoms with van der Waals surface area (Å²) in [7, 11) is 0. The smallest absolute Gasteiger partial charge is 0.259 e. The van der Waals surface area contributed by atoms with Crippen LogP contribution in [0.5, 0.6) is 0 Å². The Morgan fingerprint density at radius 2 is 1.89 bits per heavy atom. The number of amides is 1. The summed E-state index contributed by atoms with van der Waals surface area (Å²) in [6, 6.07) is 5.56. The number of benzene rings is 1. The number of halogens is 3. The molecule has 0 radical (unpaired) electrons. The summed E-state index contributed by atoms with van der Waals surface area (Å²) in [5.74, 6) is -3.73. The lowest BCUT2D eigenvalue weighted by atomic mass is 10.2. The summed E-state index contributed by atoms with van der Waals surface area (Å²) in [4.78, 5) is 15.2. The van der Waals surface area contributed by atoms with Gasteiger partial charge < -0.3 is 5.32 Å². The van der Waals surface area contributed by atoms with Crippen molar-refractivity contribution in [3.05, 3.63) is 59.5 Å². The maximum absolute atomic E-state index is 13.3. The van der Waals surface area contributed by atoms with Crippen molar-refractivity contribution in [2.45, 2.75) is 0 Å². The van der Waals surface area contributed by atoms with Crippen LogP contribution in [0.1, 0.15) is 10.4 Å². The lowest BCUT2D eigenvalue weighted by Crippen LogP contribution is -2.15. The molecule has 1 aromatic heterocycles. The molecule has 1 N–H and O–H groups in total. The van der Waals surface area contributed by atoms with Gasteiger partial charge >= 0.3 is 0 Å². The van der Waals surface area contributed by atoms with Gasteiger partial charge in [0.2, 0.25) is 0 Å². The van der Waals surface area contributed by atoms with E-state index < -0.39 is 28.9 Å². The topological polar surface area (TPSA) is 42.0 Å². The second-order valence-electron chi connectivity index (χ2n) is 3.42. The van der Waals surface area contributed by atoms with E-state index in [0.717, 1.165) is 24.4 Å². The number of rotatable bonds is 2. The number of hydrogen-bond acceptors (Lipinski definition) is 2. The first-order valence-electron chi connectivity index (χ1n) is 4.95. The highest BCUT2D eigenvalue weighted by Crippen LogP contribution is 2.13. The average Bonchev–Trinajstić information content (AvgIpc) is 2.35. The van der Waals surface area contributed by atoms with E-state index >= 15 is 0 Å². The first-order valence-corrected chi connectivity index (χ1v) is 4.95. The minimum atomic E-state index is -1.24. The number of carbonyl (C=O) groups excluding carboxylic acids is 1. The maximum Gasteiger partial charge on any atom is 0.259 e. The summed E-state index contributed by atoms with van der Waals surface area (Å²) in [6.45, 7) is 0. The van der Waals surface area contributed by atoms with E-state index in [1.54, 1.807) is 0 Å². The van der Waals surface area contributed by atoms with Crippen LogP contribution in [-0.4, -0.2) is 10.9 Å². The van der Waals surface area contributed by atoms with Crippen LogP contribution < -0.4 is 5.32 Å². The predicted octanol–water partition coefficient (Wildman–Crippen LogP) is 2.75. The van der Waals surface area contributed by atoms with E-state index in [-0.39, 0.29) is 5.82 Å². The van der Waals surface area contributed by atoms with Crippen LogP contribution in [0.4, 0.5) is 19.0 Å². The van der Waals surface area contributed by atoms with E-state index in [1.165, 1.54) is 12.1 Å². The normalized spacial score (nSPS) is 10.2. The zero-order valence-corrected chi connectivity index (χ0v) is 8.95. The first-order chi connectivity index (χ1) is 8.58. The fraction of sp³-hybridized carbons (Fsp3) is 0. The zero-order chi connectivity index (χ0) is 13.1. The quantitative estimate of drug-likeness (QED) is 0.892. The monoisotopic (exact) mass is 252 g/mol. The molecule has 92 valence electrons. The number of aromatic nitrogens is 1. The van der Waals surface area contributed by atoms with E-state index in [9.17, 15) is 18.0 Å². The van der Waals surface area contributed by atoms with Crippen molar-refractivity contribution in [3.63, 3.8) is 0 Å². The highest BCUT2D eigenvalue weighted by molar-refractivity contribution is 6.03. The van der Waals surface area contributed by atoms with Gasteiger partial charge in [0.15, 0.2) is 11.6 Å². The molecule has 0 aliphatic rings. The standard InChI is InChI=1S/C12H7F3N2O/c13-7-4-5-10(16-6-7)17-12(18)8-2-1-3-9(14)11(8)15/h1-6H,(H,16,17,18). The van der Waals surface area contributed by atoms with Crippen molar-refractivity contribution in [3.8, 4) is 0 Å². The largest absolute Gasteiger partial charge is 0.306 e. The van der Waals surface area contributed by atoms with Gasteiger partial charge in [0.25, 0.3) is 5.91 Å². The summed E-state index contributed by atoms with van der Waals surface area (Å²) >= 11 is 0. The van der Waals surface area contributed by atoms with Crippen LogP contribution in [0, 0.1) is 17.5 Å². The van der Waals surface area contributed by atoms with Gasteiger partial charge in [-0.3, -0.25) is 4.79 Å². The van der Waals surface area contributed by atoms with Crippen LogP contribution in [0.3, 0.4) is 0 Å². The third-order valence-electron chi connectivity index (χ3n) is 2.17. The van der Waals surface area contributed by atoms with Crippen LogP contribution in [0.15, 0.2) is 36.5 Å². The van der Waals surface area contributed by atoms with Gasteiger partial charge in [-0.05, 0) is 24.3 Å². The highest BCUT2D eigenvalue weighted by Gasteiger charge is 2.15. The second kappa shape index (κ2) is 4.87. The number of anilines is 1. The van der Waals surface area contributed by atoms with Gasteiger partial charge in [0.1, 0.15) is 11.6 Å². The van der Waals surface area contributed by atoms with Crippen LogP contribution >= 0.6 is 0 Å². The summed E-state index contributed by atoms with van der Waals surface area (Å²) in [5, 5.41) is 2.23. The van der Waals surface area contributed by atoms with E-state index in [2.05, 4.69) is 10.3 Å². The Labute approximate surface area is 100 Å². The summed E-state index contributed by atoms with van der Waals surface area (Å²) in [6.07, 6.45) is 0.900. The third kappa shape index (κ3) is 2.48. The van der Waals surface area contributed by atoms with Gasteiger partial charge in [-0.2, -0.15) is 0 Å². The molecule has 0 fully saturated rings. The van der Waals surface area contributed by atoms with Crippen LogP contribution in [0.2, 0.25) is 0 Å². The van der Waals surface area contributed by atoms with Crippen LogP contribution in [-0.2, 0) is 0 Å². The van der Waals surface area contributed by atoms with Crippen LogP contribution in [0.25, 0.3) is 0 Å². The Hall–Kier alpha value is -2.37. The van der Waals surface area contributed by atoms with Gasteiger partial charge in [0, 0.05) is 0 Å².